The summed E-state index contributed by atoms with van der Waals surface area (Å²) < 4.78 is 64.2. The van der Waals surface area contributed by atoms with Gasteiger partial charge in [0.25, 0.3) is 21.5 Å². The van der Waals surface area contributed by atoms with E-state index in [1.807, 2.05) is 54.6 Å². The number of methoxy groups -OCH3 is 2. The standard InChI is InChI=1S/C46H44N4O14S/c1-59-38-20-12-34(13-21-38)46(33-6-4-3-5-7-33,35-14-22-39(60-2)23-15-35)62-30-40-43(64-65(57,58)29-26-32-10-18-37(19-11-32)50(55)56)42(51)44(63-40)48-27-24-41(47-45(48)52)61-28-25-31-8-16-36(17-9-31)49(53)54/h3-24,27,40,42-44,51H,25-26,28-30H2,1-2H3/t40-,42-,43-,44-/m1/s1. The van der Waals surface area contributed by atoms with Crippen molar-refractivity contribution in [3.8, 4) is 17.4 Å². The summed E-state index contributed by atoms with van der Waals surface area (Å²) in [6, 6.07) is 36.5. The molecule has 1 N–H and O–H groups in total. The minimum Gasteiger partial charge on any atom is -0.497 e. The molecule has 2 heterocycles. The van der Waals surface area contributed by atoms with E-state index in [2.05, 4.69) is 4.98 Å². The maximum Gasteiger partial charge on any atom is 0.353 e. The van der Waals surface area contributed by atoms with E-state index in [1.165, 1.54) is 48.7 Å². The predicted octanol–water partition coefficient (Wildman–Crippen LogP) is 5.92. The number of non-ortho nitro benzene ring substituents is 2. The van der Waals surface area contributed by atoms with Crippen LogP contribution in [-0.4, -0.2) is 84.4 Å². The van der Waals surface area contributed by atoms with Gasteiger partial charge in [-0.2, -0.15) is 13.4 Å². The quantitative estimate of drug-likeness (QED) is 0.0405. The van der Waals surface area contributed by atoms with Crippen LogP contribution in [0.5, 0.6) is 17.4 Å². The summed E-state index contributed by atoms with van der Waals surface area (Å²) in [4.78, 5) is 38.7. The molecule has 5 aromatic carbocycles. The molecule has 6 aromatic rings. The summed E-state index contributed by atoms with van der Waals surface area (Å²) in [5.41, 5.74) is 0.744. The van der Waals surface area contributed by atoms with Gasteiger partial charge in [-0.05, 0) is 58.5 Å². The second-order valence-corrected chi connectivity index (χ2v) is 16.6. The smallest absolute Gasteiger partial charge is 0.353 e. The van der Waals surface area contributed by atoms with Crippen molar-refractivity contribution in [2.75, 3.05) is 33.2 Å². The van der Waals surface area contributed by atoms with Crippen LogP contribution in [0, 0.1) is 20.2 Å². The first-order valence-electron chi connectivity index (χ1n) is 20.2. The van der Waals surface area contributed by atoms with Crippen molar-refractivity contribution in [1.82, 2.24) is 9.55 Å². The highest BCUT2D eigenvalue weighted by atomic mass is 32.2. The maximum absolute atomic E-state index is 13.7. The van der Waals surface area contributed by atoms with E-state index in [-0.39, 0.29) is 30.3 Å². The fourth-order valence-corrected chi connectivity index (χ4v) is 8.62. The number of nitro groups is 2. The lowest BCUT2D eigenvalue weighted by Gasteiger charge is -2.37. The zero-order valence-electron chi connectivity index (χ0n) is 35.1. The van der Waals surface area contributed by atoms with Crippen LogP contribution >= 0.6 is 0 Å². The van der Waals surface area contributed by atoms with E-state index in [0.717, 1.165) is 10.1 Å². The Labute approximate surface area is 373 Å². The Kier molecular flexibility index (Phi) is 14.3. The molecule has 1 aliphatic heterocycles. The van der Waals surface area contributed by atoms with Gasteiger partial charge in [0.05, 0.1) is 43.0 Å². The molecule has 4 atom stereocenters. The first-order chi connectivity index (χ1) is 31.3. The molecule has 0 radical (unpaired) electrons. The van der Waals surface area contributed by atoms with Gasteiger partial charge >= 0.3 is 5.69 Å². The molecule has 0 aliphatic carbocycles. The molecule has 0 unspecified atom stereocenters. The second-order valence-electron chi connectivity index (χ2n) is 14.8. The van der Waals surface area contributed by atoms with E-state index in [0.29, 0.717) is 40.2 Å². The Bertz CT molecular complexity index is 2690. The molecule has 1 fully saturated rings. The van der Waals surface area contributed by atoms with Crippen molar-refractivity contribution < 1.29 is 51.2 Å². The number of aryl methyl sites for hydroxylation is 1. The molecule has 0 amide bonds. The van der Waals surface area contributed by atoms with E-state index >= 15 is 0 Å². The number of hydrogen-bond acceptors (Lipinski definition) is 15. The van der Waals surface area contributed by atoms with Crippen molar-refractivity contribution in [2.24, 2.45) is 0 Å². The lowest BCUT2D eigenvalue weighted by Crippen LogP contribution is -2.42. The van der Waals surface area contributed by atoms with Crippen molar-refractivity contribution in [1.29, 1.82) is 0 Å². The van der Waals surface area contributed by atoms with Gasteiger partial charge in [-0.3, -0.25) is 29.0 Å². The monoisotopic (exact) mass is 908 g/mol. The van der Waals surface area contributed by atoms with Crippen LogP contribution in [0.4, 0.5) is 11.4 Å². The topological polar surface area (TPSA) is 231 Å². The number of aliphatic hydroxyl groups is 1. The molecule has 338 valence electrons. The first-order valence-corrected chi connectivity index (χ1v) is 21.8. The molecule has 65 heavy (non-hydrogen) atoms. The summed E-state index contributed by atoms with van der Waals surface area (Å²) >= 11 is 0. The number of nitrogens with zero attached hydrogens (tertiary/aromatic N) is 4. The third kappa shape index (κ3) is 10.7. The average molecular weight is 909 g/mol. The summed E-state index contributed by atoms with van der Waals surface area (Å²) in [7, 11) is -1.36. The van der Waals surface area contributed by atoms with Crippen molar-refractivity contribution in [3.63, 3.8) is 0 Å². The van der Waals surface area contributed by atoms with E-state index in [9.17, 15) is 38.5 Å². The number of ether oxygens (including phenoxy) is 5. The third-order valence-electron chi connectivity index (χ3n) is 10.9. The van der Waals surface area contributed by atoms with Gasteiger partial charge in [-0.15, -0.1) is 0 Å². The average Bonchev–Trinajstić information content (AvgIpc) is 3.62. The molecule has 7 rings (SSSR count). The summed E-state index contributed by atoms with van der Waals surface area (Å²) in [5, 5.41) is 34.1. The van der Waals surface area contributed by atoms with Gasteiger partial charge in [0, 0.05) is 42.9 Å². The highest BCUT2D eigenvalue weighted by Crippen LogP contribution is 2.43. The molecule has 0 spiro atoms. The second kappa shape index (κ2) is 20.2. The van der Waals surface area contributed by atoms with E-state index in [1.54, 1.807) is 50.6 Å². The van der Waals surface area contributed by atoms with Crippen molar-refractivity contribution in [3.05, 3.63) is 198 Å². The number of nitro benzene ring substituents is 2. The molecule has 1 aliphatic rings. The van der Waals surface area contributed by atoms with Gasteiger partial charge in [-0.1, -0.05) is 78.9 Å². The van der Waals surface area contributed by atoms with Gasteiger partial charge in [-0.25, -0.2) is 4.79 Å². The SMILES string of the molecule is COc1ccc(C(OC[C@H]2O[C@@H](n3ccc(OCCc4ccc([N+](=O)[O-])cc4)nc3=O)[C@H](O)[C@@H]2OS(=O)(=O)CCc2ccc([N+](=O)[O-])cc2)(c2ccccc2)c2ccc(OC)cc2)cc1. The fraction of sp³-hybridized carbons (Fsp3) is 0.261. The van der Waals surface area contributed by atoms with E-state index < -0.39 is 68.2 Å². The highest BCUT2D eigenvalue weighted by molar-refractivity contribution is 7.86. The molecule has 19 heteroatoms. The van der Waals surface area contributed by atoms with Crippen LogP contribution in [-0.2, 0) is 42.2 Å². The van der Waals surface area contributed by atoms with Crippen LogP contribution in [0.1, 0.15) is 34.0 Å². The Balaban J connectivity index is 1.19. The summed E-state index contributed by atoms with van der Waals surface area (Å²) in [6.07, 6.45) is -4.66. The molecule has 1 aromatic heterocycles. The highest BCUT2D eigenvalue weighted by Gasteiger charge is 2.50. The first kappa shape index (κ1) is 46.0. The Morgan fingerprint density at radius 3 is 1.77 bits per heavy atom. The van der Waals surface area contributed by atoms with Crippen molar-refractivity contribution >= 4 is 21.5 Å². The minimum atomic E-state index is -4.46. The van der Waals surface area contributed by atoms with Gasteiger partial charge in [0.15, 0.2) is 6.23 Å². The predicted molar refractivity (Wildman–Crippen MR) is 234 cm³/mol. The molecular weight excluding hydrogens is 865 g/mol. The van der Waals surface area contributed by atoms with Crippen LogP contribution in [0.2, 0.25) is 0 Å². The Hall–Kier alpha value is -7.03. The molecule has 0 bridgehead atoms. The largest absolute Gasteiger partial charge is 0.497 e. The van der Waals surface area contributed by atoms with Crippen LogP contribution < -0.4 is 19.9 Å². The molecular formula is C46H44N4O14S. The fourth-order valence-electron chi connectivity index (χ4n) is 7.46. The van der Waals surface area contributed by atoms with Gasteiger partial charge in [0.2, 0.25) is 5.88 Å². The summed E-state index contributed by atoms with van der Waals surface area (Å²) in [5.74, 6) is 0.560. The van der Waals surface area contributed by atoms with Crippen LogP contribution in [0.25, 0.3) is 0 Å². The minimum absolute atomic E-state index is 0.0474. The van der Waals surface area contributed by atoms with Gasteiger partial charge < -0.3 is 28.8 Å². The lowest BCUT2D eigenvalue weighted by atomic mass is 9.80. The zero-order chi connectivity index (χ0) is 46.1. The number of aromatic nitrogens is 2. The molecule has 1 saturated heterocycles. The Morgan fingerprint density at radius 2 is 1.26 bits per heavy atom. The normalized spacial score (nSPS) is 17.3. The third-order valence-corrected chi connectivity index (χ3v) is 12.1. The summed E-state index contributed by atoms with van der Waals surface area (Å²) in [6.45, 7) is -0.315. The van der Waals surface area contributed by atoms with Gasteiger partial charge in [0.1, 0.15) is 35.4 Å². The molecule has 18 nitrogen and oxygen atoms in total. The lowest BCUT2D eigenvalue weighted by molar-refractivity contribution is -0.385. The van der Waals surface area contributed by atoms with E-state index in [4.69, 9.17) is 27.9 Å². The van der Waals surface area contributed by atoms with Crippen molar-refractivity contribution in [2.45, 2.75) is 43.0 Å². The Morgan fingerprint density at radius 1 is 0.738 bits per heavy atom. The zero-order valence-corrected chi connectivity index (χ0v) is 35.9. The number of hydrogen-bond donors (Lipinski definition) is 1. The number of aliphatic hydroxyl groups excluding tert-OH is 1. The number of benzene rings is 5. The van der Waals surface area contributed by atoms with Crippen LogP contribution in [0.3, 0.4) is 0 Å². The van der Waals surface area contributed by atoms with Crippen LogP contribution in [0.15, 0.2) is 144 Å². The molecule has 0 saturated carbocycles. The number of rotatable bonds is 20. The maximum atomic E-state index is 13.7.